The van der Waals surface area contributed by atoms with Gasteiger partial charge in [0.25, 0.3) is 0 Å². The number of ether oxygens (including phenoxy) is 1. The van der Waals surface area contributed by atoms with Crippen molar-refractivity contribution in [2.24, 2.45) is 0 Å². The van der Waals surface area contributed by atoms with Gasteiger partial charge in [-0.05, 0) is 67.0 Å². The van der Waals surface area contributed by atoms with Gasteiger partial charge in [-0.2, -0.15) is 0 Å². The molecule has 2 heteroatoms. The highest BCUT2D eigenvalue weighted by Gasteiger charge is 2.16. The molecule has 0 saturated heterocycles. The molecule has 1 aliphatic rings. The monoisotopic (exact) mass is 406 g/mol. The van der Waals surface area contributed by atoms with Gasteiger partial charge in [0.15, 0.2) is 0 Å². The van der Waals surface area contributed by atoms with Crippen molar-refractivity contribution < 1.29 is 9.53 Å². The van der Waals surface area contributed by atoms with E-state index >= 15 is 0 Å². The van der Waals surface area contributed by atoms with E-state index in [1.165, 1.54) is 88.2 Å². The average molecular weight is 407 g/mol. The Hall–Kier alpha value is -2.09. The molecule has 2 aromatic carbocycles. The van der Waals surface area contributed by atoms with Crippen LogP contribution >= 0.6 is 0 Å². The summed E-state index contributed by atoms with van der Waals surface area (Å²) in [5.74, 6) is 1.03. The highest BCUT2D eigenvalue weighted by molar-refractivity contribution is 5.91. The normalized spacial score (nSPS) is 14.6. The number of carbonyl (C=O) groups is 1. The van der Waals surface area contributed by atoms with Crippen LogP contribution in [0.15, 0.2) is 48.5 Å². The highest BCUT2D eigenvalue weighted by atomic mass is 16.5. The second-order valence-electron chi connectivity index (χ2n) is 8.86. The zero-order valence-electron chi connectivity index (χ0n) is 18.7. The molecule has 0 aromatic heterocycles. The molecule has 0 atom stereocenters. The SMILES string of the molecule is CCCCCCCCCc1ccc(C(=O)Oc2ccc(C3CCCCC3)cc2)cc1. The minimum atomic E-state index is -0.275. The van der Waals surface area contributed by atoms with Gasteiger partial charge in [-0.15, -0.1) is 0 Å². The summed E-state index contributed by atoms with van der Waals surface area (Å²) in [5, 5.41) is 0. The fourth-order valence-corrected chi connectivity index (χ4v) is 4.50. The standard InChI is InChI=1S/C28H38O2/c1-2-3-4-5-6-7-9-12-23-15-17-26(18-16-23)28(29)30-27-21-19-25(20-22-27)24-13-10-8-11-14-24/h15-22,24H,2-14H2,1H3. The second kappa shape index (κ2) is 12.6. The first-order valence-corrected chi connectivity index (χ1v) is 12.2. The van der Waals surface area contributed by atoms with Gasteiger partial charge in [0.1, 0.15) is 5.75 Å². The van der Waals surface area contributed by atoms with Crippen molar-refractivity contribution in [2.45, 2.75) is 96.3 Å². The lowest BCUT2D eigenvalue weighted by Gasteiger charge is -2.22. The fraction of sp³-hybridized carbons (Fsp3) is 0.536. The van der Waals surface area contributed by atoms with Crippen LogP contribution in [-0.2, 0) is 6.42 Å². The average Bonchev–Trinajstić information content (AvgIpc) is 2.80. The van der Waals surface area contributed by atoms with Gasteiger partial charge in [0.2, 0.25) is 0 Å². The molecule has 2 aromatic rings. The summed E-state index contributed by atoms with van der Waals surface area (Å²) in [6.07, 6.45) is 16.9. The lowest BCUT2D eigenvalue weighted by Crippen LogP contribution is -2.09. The summed E-state index contributed by atoms with van der Waals surface area (Å²) < 4.78 is 5.59. The molecule has 0 N–H and O–H groups in total. The molecule has 30 heavy (non-hydrogen) atoms. The largest absolute Gasteiger partial charge is 0.423 e. The maximum atomic E-state index is 12.5. The van der Waals surface area contributed by atoms with E-state index in [9.17, 15) is 4.79 Å². The Morgan fingerprint density at radius 3 is 2.10 bits per heavy atom. The van der Waals surface area contributed by atoms with Crippen molar-refractivity contribution in [1.29, 1.82) is 0 Å². The molecule has 1 fully saturated rings. The Kier molecular flexibility index (Phi) is 9.47. The lowest BCUT2D eigenvalue weighted by atomic mass is 9.84. The molecule has 162 valence electrons. The maximum Gasteiger partial charge on any atom is 0.343 e. The van der Waals surface area contributed by atoms with Crippen LogP contribution in [0.5, 0.6) is 5.75 Å². The van der Waals surface area contributed by atoms with E-state index in [0.717, 1.165) is 6.42 Å². The van der Waals surface area contributed by atoms with Crippen LogP contribution in [0.2, 0.25) is 0 Å². The fourth-order valence-electron chi connectivity index (χ4n) is 4.50. The van der Waals surface area contributed by atoms with Crippen LogP contribution < -0.4 is 4.74 Å². The van der Waals surface area contributed by atoms with Crippen LogP contribution in [0, 0.1) is 0 Å². The molecule has 1 saturated carbocycles. The molecule has 3 rings (SSSR count). The molecule has 0 unspecified atom stereocenters. The van der Waals surface area contributed by atoms with Crippen molar-refractivity contribution in [3.8, 4) is 5.75 Å². The Bertz CT molecular complexity index is 739. The van der Waals surface area contributed by atoms with Crippen LogP contribution in [0.3, 0.4) is 0 Å². The van der Waals surface area contributed by atoms with E-state index in [1.807, 2.05) is 24.3 Å². The third-order valence-electron chi connectivity index (χ3n) is 6.43. The minimum absolute atomic E-state index is 0.275. The van der Waals surface area contributed by atoms with Gasteiger partial charge in [-0.25, -0.2) is 4.79 Å². The number of rotatable bonds is 11. The van der Waals surface area contributed by atoms with Gasteiger partial charge < -0.3 is 4.74 Å². The van der Waals surface area contributed by atoms with E-state index in [2.05, 4.69) is 31.2 Å². The van der Waals surface area contributed by atoms with E-state index in [4.69, 9.17) is 4.74 Å². The second-order valence-corrected chi connectivity index (χ2v) is 8.86. The molecular formula is C28H38O2. The zero-order valence-corrected chi connectivity index (χ0v) is 18.7. The first-order valence-electron chi connectivity index (χ1n) is 12.2. The Morgan fingerprint density at radius 1 is 0.800 bits per heavy atom. The van der Waals surface area contributed by atoms with Crippen LogP contribution in [0.1, 0.15) is 111 Å². The summed E-state index contributed by atoms with van der Waals surface area (Å²) in [6.45, 7) is 2.26. The van der Waals surface area contributed by atoms with Crippen molar-refractivity contribution in [1.82, 2.24) is 0 Å². The number of carbonyl (C=O) groups excluding carboxylic acids is 1. The molecule has 2 nitrogen and oxygen atoms in total. The smallest absolute Gasteiger partial charge is 0.343 e. The van der Waals surface area contributed by atoms with Crippen molar-refractivity contribution in [3.63, 3.8) is 0 Å². The van der Waals surface area contributed by atoms with Crippen LogP contribution in [0.25, 0.3) is 0 Å². The number of unbranched alkanes of at least 4 members (excludes halogenated alkanes) is 6. The number of esters is 1. The summed E-state index contributed by atoms with van der Waals surface area (Å²) in [7, 11) is 0. The topological polar surface area (TPSA) is 26.3 Å². The molecule has 0 amide bonds. The number of aryl methyl sites for hydroxylation is 1. The van der Waals surface area contributed by atoms with Crippen molar-refractivity contribution in [3.05, 3.63) is 65.2 Å². The maximum absolute atomic E-state index is 12.5. The van der Waals surface area contributed by atoms with E-state index < -0.39 is 0 Å². The predicted octanol–water partition coefficient (Wildman–Crippen LogP) is 8.25. The molecule has 0 radical (unpaired) electrons. The molecular weight excluding hydrogens is 368 g/mol. The van der Waals surface area contributed by atoms with Crippen molar-refractivity contribution >= 4 is 5.97 Å². The third kappa shape index (κ3) is 7.31. The van der Waals surface area contributed by atoms with Gasteiger partial charge >= 0.3 is 5.97 Å². The molecule has 1 aliphatic carbocycles. The number of hydrogen-bond donors (Lipinski definition) is 0. The quantitative estimate of drug-likeness (QED) is 0.213. The van der Waals surface area contributed by atoms with Crippen molar-refractivity contribution in [2.75, 3.05) is 0 Å². The first kappa shape index (κ1) is 22.6. The van der Waals surface area contributed by atoms with Crippen LogP contribution in [0.4, 0.5) is 0 Å². The van der Waals surface area contributed by atoms with E-state index in [1.54, 1.807) is 0 Å². The molecule has 0 spiro atoms. The van der Waals surface area contributed by atoms with Crippen LogP contribution in [-0.4, -0.2) is 5.97 Å². The Labute approximate surface area is 183 Å². The molecule has 0 heterocycles. The zero-order chi connectivity index (χ0) is 21.0. The Morgan fingerprint density at radius 2 is 1.43 bits per heavy atom. The third-order valence-corrected chi connectivity index (χ3v) is 6.43. The number of hydrogen-bond acceptors (Lipinski definition) is 2. The number of benzene rings is 2. The van der Waals surface area contributed by atoms with Gasteiger partial charge in [0, 0.05) is 0 Å². The Balaban J connectivity index is 1.42. The summed E-state index contributed by atoms with van der Waals surface area (Å²) in [5.41, 5.74) is 3.30. The molecule has 0 bridgehead atoms. The van der Waals surface area contributed by atoms with E-state index in [-0.39, 0.29) is 5.97 Å². The minimum Gasteiger partial charge on any atom is -0.423 e. The van der Waals surface area contributed by atoms with E-state index in [0.29, 0.717) is 17.2 Å². The molecule has 0 aliphatic heterocycles. The van der Waals surface area contributed by atoms with Gasteiger partial charge in [-0.1, -0.05) is 89.0 Å². The van der Waals surface area contributed by atoms with Gasteiger partial charge in [0.05, 0.1) is 5.56 Å². The summed E-state index contributed by atoms with van der Waals surface area (Å²) in [6, 6.07) is 16.1. The highest BCUT2D eigenvalue weighted by Crippen LogP contribution is 2.33. The lowest BCUT2D eigenvalue weighted by molar-refractivity contribution is 0.0734. The predicted molar refractivity (Wildman–Crippen MR) is 125 cm³/mol. The summed E-state index contributed by atoms with van der Waals surface area (Å²) in [4.78, 5) is 12.5. The summed E-state index contributed by atoms with van der Waals surface area (Å²) >= 11 is 0. The first-order chi connectivity index (χ1) is 14.8. The van der Waals surface area contributed by atoms with Gasteiger partial charge in [-0.3, -0.25) is 0 Å².